The fraction of sp³-hybridized carbons (Fsp3) is 0.371. The molecule has 3 aromatic carbocycles. The number of hydrogen-bond donors (Lipinski definition) is 1. The molecule has 5 atom stereocenters. The number of aliphatic hydroxyl groups is 1. The Morgan fingerprint density at radius 3 is 1.33 bits per heavy atom. The van der Waals surface area contributed by atoms with Crippen molar-refractivity contribution in [3.05, 3.63) is 108 Å². The molecule has 0 bridgehead atoms. The molecule has 0 amide bonds. The van der Waals surface area contributed by atoms with Gasteiger partial charge in [-0.15, -0.1) is 0 Å². The molecule has 1 N–H and O–H groups in total. The van der Waals surface area contributed by atoms with Crippen molar-refractivity contribution in [3.63, 3.8) is 0 Å². The normalized spacial score (nSPS) is 14.6. The Hall–Kier alpha value is -4.58. The van der Waals surface area contributed by atoms with Gasteiger partial charge < -0.3 is 33.5 Å². The summed E-state index contributed by atoms with van der Waals surface area (Å²) in [6.07, 6.45) is -8.28. The van der Waals surface area contributed by atoms with Crippen LogP contribution in [0.4, 0.5) is 0 Å². The Morgan fingerprint density at radius 2 is 0.957 bits per heavy atom. The van der Waals surface area contributed by atoms with E-state index in [4.69, 9.17) is 28.4 Å². The van der Waals surface area contributed by atoms with E-state index in [9.17, 15) is 24.3 Å². The molecule has 0 saturated heterocycles. The molecular weight excluding hydrogens is 596 g/mol. The highest BCUT2D eigenvalue weighted by Crippen LogP contribution is 2.41. The fourth-order valence-electron chi connectivity index (χ4n) is 5.19. The molecule has 5 unspecified atom stereocenters. The van der Waals surface area contributed by atoms with Gasteiger partial charge in [-0.3, -0.25) is 19.2 Å². The van der Waals surface area contributed by atoms with Crippen molar-refractivity contribution in [2.75, 3.05) is 13.2 Å². The molecule has 3 rings (SSSR count). The molecule has 0 heterocycles. The van der Waals surface area contributed by atoms with Crippen LogP contribution in [0.1, 0.15) is 51.3 Å². The molecule has 0 aliphatic heterocycles. The van der Waals surface area contributed by atoms with E-state index in [0.717, 1.165) is 44.4 Å². The minimum absolute atomic E-state index is 0.00577. The lowest BCUT2D eigenvalue weighted by Gasteiger charge is -2.40. The number of carbonyl (C=O) groups excluding carboxylic acids is 4. The largest absolute Gasteiger partial charge is 0.456 e. The van der Waals surface area contributed by atoms with Crippen LogP contribution in [0.5, 0.6) is 0 Å². The van der Waals surface area contributed by atoms with Gasteiger partial charge in [0.05, 0.1) is 6.61 Å². The monoisotopic (exact) mass is 636 g/mol. The number of hydrogen-bond acceptors (Lipinski definition) is 11. The average molecular weight is 637 g/mol. The van der Waals surface area contributed by atoms with Crippen molar-refractivity contribution >= 4 is 23.9 Å². The van der Waals surface area contributed by atoms with Gasteiger partial charge in [-0.1, -0.05) is 91.0 Å². The van der Waals surface area contributed by atoms with Gasteiger partial charge in [0.1, 0.15) is 5.60 Å². The van der Waals surface area contributed by atoms with E-state index in [0.29, 0.717) is 0 Å². The molecule has 3 aromatic rings. The summed E-state index contributed by atoms with van der Waals surface area (Å²) in [5.74, 6) is -3.32. The highest BCUT2D eigenvalue weighted by atomic mass is 16.7. The first-order valence-electron chi connectivity index (χ1n) is 14.8. The van der Waals surface area contributed by atoms with Gasteiger partial charge in [0, 0.05) is 34.3 Å². The molecule has 0 aromatic heterocycles. The molecule has 0 saturated carbocycles. The topological polar surface area (TPSA) is 144 Å². The highest BCUT2D eigenvalue weighted by Gasteiger charge is 2.48. The zero-order valence-corrected chi connectivity index (χ0v) is 26.5. The molecule has 0 aliphatic carbocycles. The number of aliphatic hydroxyl groups excluding tert-OH is 1. The minimum Gasteiger partial charge on any atom is -0.456 e. The third-order valence-electron chi connectivity index (χ3n) is 6.86. The van der Waals surface area contributed by atoms with Gasteiger partial charge in [-0.2, -0.15) is 0 Å². The first-order valence-corrected chi connectivity index (χ1v) is 14.8. The second kappa shape index (κ2) is 17.2. The summed E-state index contributed by atoms with van der Waals surface area (Å²) in [6.45, 7) is 5.57. The van der Waals surface area contributed by atoms with Crippen LogP contribution in [0.15, 0.2) is 91.0 Å². The van der Waals surface area contributed by atoms with Crippen LogP contribution in [-0.2, 0) is 53.2 Å². The van der Waals surface area contributed by atoms with Crippen LogP contribution in [0.3, 0.4) is 0 Å². The van der Waals surface area contributed by atoms with Gasteiger partial charge in [-0.05, 0) is 23.6 Å². The van der Waals surface area contributed by atoms with Gasteiger partial charge in [0.25, 0.3) is 0 Å². The third kappa shape index (κ3) is 9.46. The van der Waals surface area contributed by atoms with Crippen molar-refractivity contribution < 1.29 is 52.7 Å². The summed E-state index contributed by atoms with van der Waals surface area (Å²) < 4.78 is 34.2. The summed E-state index contributed by atoms with van der Waals surface area (Å²) in [7, 11) is 0. The number of esters is 4. The van der Waals surface area contributed by atoms with Crippen molar-refractivity contribution in [1.82, 2.24) is 0 Å². The van der Waals surface area contributed by atoms with Crippen LogP contribution in [0, 0.1) is 0 Å². The standard InChI is InChI=1S/C35H40O11/c1-6-41-34(40)33(46-26(5)39)32(45-25(4)38)31(44-24(3)37)30(43-23(2)36)22-42-35(27-16-10-7-11-17-27,28-18-12-8-13-19-28)29-20-14-9-15-21-29/h7-21,30-34,40H,6,22H2,1-5H3. The quantitative estimate of drug-likeness (QED) is 0.105. The lowest BCUT2D eigenvalue weighted by Crippen LogP contribution is -2.56. The Kier molecular flexibility index (Phi) is 13.4. The van der Waals surface area contributed by atoms with Crippen molar-refractivity contribution in [3.8, 4) is 0 Å². The molecular formula is C35H40O11. The van der Waals surface area contributed by atoms with Gasteiger partial charge in [0.15, 0.2) is 30.7 Å². The third-order valence-corrected chi connectivity index (χ3v) is 6.86. The van der Waals surface area contributed by atoms with Crippen LogP contribution in [0.25, 0.3) is 0 Å². The Morgan fingerprint density at radius 1 is 0.587 bits per heavy atom. The van der Waals surface area contributed by atoms with Crippen LogP contribution in [-0.4, -0.2) is 72.9 Å². The van der Waals surface area contributed by atoms with E-state index in [-0.39, 0.29) is 6.61 Å². The minimum atomic E-state index is -1.81. The fourth-order valence-corrected chi connectivity index (χ4v) is 5.19. The Labute approximate surface area is 268 Å². The zero-order chi connectivity index (χ0) is 33.7. The van der Waals surface area contributed by atoms with E-state index >= 15 is 0 Å². The molecule has 0 radical (unpaired) electrons. The molecule has 11 heteroatoms. The zero-order valence-electron chi connectivity index (χ0n) is 26.5. The van der Waals surface area contributed by atoms with E-state index in [1.54, 1.807) is 6.92 Å². The number of carbonyl (C=O) groups is 4. The first kappa shape index (κ1) is 35.9. The Bertz CT molecular complexity index is 1320. The summed E-state index contributed by atoms with van der Waals surface area (Å²) in [6, 6.07) is 28.1. The van der Waals surface area contributed by atoms with Gasteiger partial charge in [0.2, 0.25) is 0 Å². The van der Waals surface area contributed by atoms with E-state index in [1.165, 1.54) is 0 Å². The molecule has 246 valence electrons. The molecule has 0 spiro atoms. The molecule has 0 aliphatic rings. The molecule has 0 fully saturated rings. The maximum atomic E-state index is 12.5. The number of benzene rings is 3. The average Bonchev–Trinajstić information content (AvgIpc) is 3.02. The maximum Gasteiger partial charge on any atom is 0.303 e. The predicted octanol–water partition coefficient (Wildman–Crippen LogP) is 4.08. The predicted molar refractivity (Wildman–Crippen MR) is 165 cm³/mol. The van der Waals surface area contributed by atoms with Gasteiger partial charge in [-0.25, -0.2) is 0 Å². The second-order valence-corrected chi connectivity index (χ2v) is 10.3. The smallest absolute Gasteiger partial charge is 0.303 e. The van der Waals surface area contributed by atoms with Crippen LogP contribution >= 0.6 is 0 Å². The van der Waals surface area contributed by atoms with E-state index in [1.807, 2.05) is 91.0 Å². The first-order chi connectivity index (χ1) is 22.0. The lowest BCUT2D eigenvalue weighted by atomic mass is 9.80. The SMILES string of the molecule is CCOC(O)C(OC(C)=O)C(OC(C)=O)C(OC(C)=O)C(COC(c1ccccc1)(c1ccccc1)c1ccccc1)OC(C)=O. The number of ether oxygens (including phenoxy) is 6. The Balaban J connectivity index is 2.22. The highest BCUT2D eigenvalue weighted by molar-refractivity contribution is 5.69. The summed E-state index contributed by atoms with van der Waals surface area (Å²) in [5, 5.41) is 10.8. The summed E-state index contributed by atoms with van der Waals surface area (Å²) in [5.41, 5.74) is 0.928. The maximum absolute atomic E-state index is 12.5. The molecule has 46 heavy (non-hydrogen) atoms. The summed E-state index contributed by atoms with van der Waals surface area (Å²) in [4.78, 5) is 49.5. The van der Waals surface area contributed by atoms with Crippen molar-refractivity contribution in [2.45, 2.75) is 70.9 Å². The second-order valence-electron chi connectivity index (χ2n) is 10.3. The van der Waals surface area contributed by atoms with Crippen LogP contribution in [0.2, 0.25) is 0 Å². The van der Waals surface area contributed by atoms with Crippen molar-refractivity contribution in [2.24, 2.45) is 0 Å². The number of rotatable bonds is 16. The van der Waals surface area contributed by atoms with Crippen molar-refractivity contribution in [1.29, 1.82) is 0 Å². The molecule has 11 nitrogen and oxygen atoms in total. The summed E-state index contributed by atoms with van der Waals surface area (Å²) >= 11 is 0. The van der Waals surface area contributed by atoms with E-state index in [2.05, 4.69) is 0 Å². The van der Waals surface area contributed by atoms with Gasteiger partial charge >= 0.3 is 23.9 Å². The van der Waals surface area contributed by atoms with Crippen LogP contribution < -0.4 is 0 Å². The van der Waals surface area contributed by atoms with E-state index < -0.39 is 66.8 Å². The lowest BCUT2D eigenvalue weighted by molar-refractivity contribution is -0.239.